The van der Waals surface area contributed by atoms with Gasteiger partial charge < -0.3 is 15.4 Å². The van der Waals surface area contributed by atoms with Gasteiger partial charge in [-0.1, -0.05) is 0 Å². The molecule has 2 heterocycles. The van der Waals surface area contributed by atoms with Crippen LogP contribution in [-0.4, -0.2) is 40.3 Å². The van der Waals surface area contributed by atoms with Gasteiger partial charge in [-0.25, -0.2) is 0 Å². The standard InChI is InChI=1S/C11H15N3O3S/c1-17-9-4-3-7-10(14-9)12-8(11(15)13-7)5-6-18(2)16/h3-4,8H,5-6H2,1-2H3,(H,12,14)(H,13,15). The second-order valence-corrected chi connectivity index (χ2v) is 5.56. The third-order valence-electron chi connectivity index (χ3n) is 2.66. The van der Waals surface area contributed by atoms with Crippen molar-refractivity contribution in [3.05, 3.63) is 12.1 Å². The molecule has 2 N–H and O–H groups in total. The van der Waals surface area contributed by atoms with Crippen molar-refractivity contribution in [1.29, 1.82) is 0 Å². The number of fused-ring (bicyclic) bond motifs is 1. The molecule has 1 aromatic heterocycles. The van der Waals surface area contributed by atoms with Crippen molar-refractivity contribution in [2.24, 2.45) is 0 Å². The summed E-state index contributed by atoms with van der Waals surface area (Å²) in [6.07, 6.45) is 2.13. The zero-order valence-corrected chi connectivity index (χ0v) is 11.0. The number of amides is 1. The van der Waals surface area contributed by atoms with Gasteiger partial charge in [0.25, 0.3) is 0 Å². The van der Waals surface area contributed by atoms with Gasteiger partial charge in [0.05, 0.1) is 12.8 Å². The maximum absolute atomic E-state index is 11.8. The maximum atomic E-state index is 11.8. The predicted octanol–water partition coefficient (Wildman–Crippen LogP) is 0.591. The Balaban J connectivity index is 2.14. The number of pyridine rings is 1. The number of ether oxygens (including phenoxy) is 1. The van der Waals surface area contributed by atoms with Crippen molar-refractivity contribution < 1.29 is 13.7 Å². The monoisotopic (exact) mass is 269 g/mol. The summed E-state index contributed by atoms with van der Waals surface area (Å²) in [6, 6.07) is 3.02. The Hall–Kier alpha value is -1.63. The first-order valence-corrected chi connectivity index (χ1v) is 7.25. The Kier molecular flexibility index (Phi) is 3.81. The number of aromatic nitrogens is 1. The van der Waals surface area contributed by atoms with Crippen LogP contribution in [0.3, 0.4) is 0 Å². The molecule has 0 fully saturated rings. The highest BCUT2D eigenvalue weighted by molar-refractivity contribution is 7.84. The lowest BCUT2D eigenvalue weighted by Gasteiger charge is -2.25. The van der Waals surface area contributed by atoms with E-state index in [1.807, 2.05) is 0 Å². The average molecular weight is 269 g/mol. The number of nitrogens with zero attached hydrogens (tertiary/aromatic N) is 1. The molecule has 2 rings (SSSR count). The van der Waals surface area contributed by atoms with E-state index >= 15 is 0 Å². The van der Waals surface area contributed by atoms with Crippen LogP contribution in [0.5, 0.6) is 5.88 Å². The fraction of sp³-hybridized carbons (Fsp3) is 0.455. The van der Waals surface area contributed by atoms with E-state index < -0.39 is 16.8 Å². The normalized spacial score (nSPS) is 19.4. The van der Waals surface area contributed by atoms with Crippen LogP contribution < -0.4 is 15.4 Å². The van der Waals surface area contributed by atoms with Gasteiger partial charge >= 0.3 is 0 Å². The molecular formula is C11H15N3O3S. The molecule has 0 spiro atoms. The van der Waals surface area contributed by atoms with Crippen LogP contribution in [-0.2, 0) is 15.6 Å². The average Bonchev–Trinajstić information content (AvgIpc) is 2.35. The molecule has 7 heteroatoms. The third-order valence-corrected chi connectivity index (χ3v) is 3.47. The van der Waals surface area contributed by atoms with Crippen LogP contribution >= 0.6 is 0 Å². The fourth-order valence-corrected chi connectivity index (χ4v) is 2.27. The lowest BCUT2D eigenvalue weighted by atomic mass is 10.1. The molecule has 2 atom stereocenters. The molecule has 0 aliphatic carbocycles. The molecule has 6 nitrogen and oxygen atoms in total. The van der Waals surface area contributed by atoms with Crippen molar-refractivity contribution in [3.63, 3.8) is 0 Å². The summed E-state index contributed by atoms with van der Waals surface area (Å²) in [4.78, 5) is 16.0. The molecule has 18 heavy (non-hydrogen) atoms. The first-order valence-electron chi connectivity index (χ1n) is 5.52. The Labute approximate surface area is 108 Å². The highest BCUT2D eigenvalue weighted by atomic mass is 32.2. The number of methoxy groups -OCH3 is 1. The topological polar surface area (TPSA) is 80.3 Å². The van der Waals surface area contributed by atoms with Crippen LogP contribution in [0.15, 0.2) is 12.1 Å². The van der Waals surface area contributed by atoms with Crippen molar-refractivity contribution >= 4 is 28.2 Å². The number of hydrogen-bond acceptors (Lipinski definition) is 5. The van der Waals surface area contributed by atoms with Crippen LogP contribution in [0.25, 0.3) is 0 Å². The molecule has 2 unspecified atom stereocenters. The van der Waals surface area contributed by atoms with Crippen molar-refractivity contribution in [3.8, 4) is 5.88 Å². The van der Waals surface area contributed by atoms with Crippen molar-refractivity contribution in [2.45, 2.75) is 12.5 Å². The first-order chi connectivity index (χ1) is 8.60. The number of nitrogens with one attached hydrogen (secondary N) is 2. The highest BCUT2D eigenvalue weighted by Gasteiger charge is 2.26. The van der Waals surface area contributed by atoms with E-state index in [0.29, 0.717) is 29.6 Å². The molecule has 1 aromatic rings. The van der Waals surface area contributed by atoms with Gasteiger partial charge in [0, 0.05) is 28.9 Å². The molecule has 0 saturated heterocycles. The summed E-state index contributed by atoms with van der Waals surface area (Å²) < 4.78 is 16.1. The second-order valence-electron chi connectivity index (χ2n) is 4.00. The molecule has 0 saturated carbocycles. The number of hydrogen-bond donors (Lipinski definition) is 2. The molecule has 1 amide bonds. The maximum Gasteiger partial charge on any atom is 0.247 e. The molecule has 1 aliphatic heterocycles. The lowest BCUT2D eigenvalue weighted by molar-refractivity contribution is -0.117. The lowest BCUT2D eigenvalue weighted by Crippen LogP contribution is -2.40. The van der Waals surface area contributed by atoms with Gasteiger partial charge in [-0.3, -0.25) is 9.00 Å². The largest absolute Gasteiger partial charge is 0.481 e. The summed E-state index contributed by atoms with van der Waals surface area (Å²) in [6.45, 7) is 0. The third kappa shape index (κ3) is 2.79. The van der Waals surface area contributed by atoms with E-state index in [1.54, 1.807) is 18.4 Å². The van der Waals surface area contributed by atoms with Crippen molar-refractivity contribution in [2.75, 3.05) is 29.8 Å². The number of anilines is 2. The van der Waals surface area contributed by atoms with E-state index in [9.17, 15) is 9.00 Å². The fourth-order valence-electron chi connectivity index (χ4n) is 1.70. The van der Waals surface area contributed by atoms with E-state index in [0.717, 1.165) is 0 Å². The number of carbonyl (C=O) groups is 1. The van der Waals surface area contributed by atoms with E-state index in [2.05, 4.69) is 15.6 Å². The molecule has 0 bridgehead atoms. The minimum atomic E-state index is -0.911. The van der Waals surface area contributed by atoms with Gasteiger partial charge in [0.2, 0.25) is 11.8 Å². The van der Waals surface area contributed by atoms with Gasteiger partial charge in [-0.15, -0.1) is 0 Å². The molecule has 0 aromatic carbocycles. The zero-order valence-electron chi connectivity index (χ0n) is 10.2. The van der Waals surface area contributed by atoms with Crippen LogP contribution in [0.4, 0.5) is 11.5 Å². The minimum absolute atomic E-state index is 0.125. The van der Waals surface area contributed by atoms with Crippen molar-refractivity contribution in [1.82, 2.24) is 4.98 Å². The Bertz CT molecular complexity index is 492. The smallest absolute Gasteiger partial charge is 0.247 e. The summed E-state index contributed by atoms with van der Waals surface area (Å²) in [5.74, 6) is 1.42. The predicted molar refractivity (Wildman–Crippen MR) is 70.4 cm³/mol. The first kappa shape index (κ1) is 12.8. The summed E-state index contributed by atoms with van der Waals surface area (Å²) >= 11 is 0. The molecular weight excluding hydrogens is 254 g/mol. The summed E-state index contributed by atoms with van der Waals surface area (Å²) in [7, 11) is 0.624. The van der Waals surface area contributed by atoms with Gasteiger partial charge in [-0.2, -0.15) is 4.98 Å². The van der Waals surface area contributed by atoms with Crippen LogP contribution in [0.2, 0.25) is 0 Å². The van der Waals surface area contributed by atoms with Gasteiger partial charge in [0.1, 0.15) is 6.04 Å². The zero-order chi connectivity index (χ0) is 13.1. The Morgan fingerprint density at radius 2 is 2.28 bits per heavy atom. The van der Waals surface area contributed by atoms with E-state index in [1.165, 1.54) is 7.11 Å². The van der Waals surface area contributed by atoms with Crippen LogP contribution in [0, 0.1) is 0 Å². The number of rotatable bonds is 4. The van der Waals surface area contributed by atoms with Gasteiger partial charge in [-0.05, 0) is 12.5 Å². The van der Waals surface area contributed by atoms with Crippen LogP contribution in [0.1, 0.15) is 6.42 Å². The number of carbonyl (C=O) groups excluding carboxylic acids is 1. The molecule has 1 aliphatic rings. The van der Waals surface area contributed by atoms with E-state index in [4.69, 9.17) is 4.74 Å². The summed E-state index contributed by atoms with van der Waals surface area (Å²) in [5, 5.41) is 5.81. The summed E-state index contributed by atoms with van der Waals surface area (Å²) in [5.41, 5.74) is 0.634. The second kappa shape index (κ2) is 5.34. The Morgan fingerprint density at radius 3 is 2.94 bits per heavy atom. The minimum Gasteiger partial charge on any atom is -0.481 e. The quantitative estimate of drug-likeness (QED) is 0.836. The molecule has 98 valence electrons. The van der Waals surface area contributed by atoms with Gasteiger partial charge in [0.15, 0.2) is 5.82 Å². The Morgan fingerprint density at radius 1 is 1.50 bits per heavy atom. The molecule has 0 radical (unpaired) electrons. The highest BCUT2D eigenvalue weighted by Crippen LogP contribution is 2.27. The SMILES string of the molecule is COc1ccc2c(n1)NC(CCS(C)=O)C(=O)N2. The van der Waals surface area contributed by atoms with E-state index in [-0.39, 0.29) is 5.91 Å².